The molecule has 0 heterocycles. The molecule has 0 aliphatic carbocycles. The molecule has 1 aromatic carbocycles. The Kier molecular flexibility index (Phi) is 6.26. The van der Waals surface area contributed by atoms with Crippen molar-refractivity contribution in [1.29, 1.82) is 0 Å². The van der Waals surface area contributed by atoms with Crippen LogP contribution in [-0.2, 0) is 11.3 Å². The topological polar surface area (TPSA) is 29.1 Å². The van der Waals surface area contributed by atoms with Gasteiger partial charge in [-0.05, 0) is 18.9 Å². The Bertz CT molecular complexity index is 356. The summed E-state index contributed by atoms with van der Waals surface area (Å²) in [5, 5.41) is 3.28. The molecule has 0 aliphatic heterocycles. The van der Waals surface area contributed by atoms with Crippen molar-refractivity contribution < 1.29 is 4.79 Å². The predicted molar refractivity (Wildman–Crippen MR) is 71.8 cm³/mol. The van der Waals surface area contributed by atoms with Gasteiger partial charge in [0.15, 0.2) is 0 Å². The zero-order valence-corrected chi connectivity index (χ0v) is 10.5. The average molecular weight is 231 g/mol. The Morgan fingerprint density at radius 2 is 1.88 bits per heavy atom. The fourth-order valence-corrected chi connectivity index (χ4v) is 1.53. The third-order valence-electron chi connectivity index (χ3n) is 2.58. The number of Topliss-reactive ketones (excluding diaryl/α,β-unsaturated/α-hetero) is 1. The molecule has 0 spiro atoms. The van der Waals surface area contributed by atoms with Gasteiger partial charge in [0.2, 0.25) is 0 Å². The lowest BCUT2D eigenvalue weighted by atomic mass is 10.1. The van der Waals surface area contributed by atoms with E-state index in [1.165, 1.54) is 5.56 Å². The molecule has 0 amide bonds. The molecule has 0 bridgehead atoms. The number of allylic oxidation sites excluding steroid dienone is 1. The number of rotatable bonds is 8. The predicted octanol–water partition coefficient (Wildman–Crippen LogP) is 3.09. The summed E-state index contributed by atoms with van der Waals surface area (Å²) in [5.41, 5.74) is 2.33. The number of carbonyl (C=O) groups excluding carboxylic acids is 1. The molecule has 2 nitrogen and oxygen atoms in total. The first-order valence-corrected chi connectivity index (χ1v) is 6.09. The minimum Gasteiger partial charge on any atom is -0.312 e. The summed E-state index contributed by atoms with van der Waals surface area (Å²) in [7, 11) is 0. The molecule has 0 aliphatic rings. The SMILES string of the molecule is C=C(C)CCC(=O)CCNCc1ccccc1. The zero-order chi connectivity index (χ0) is 12.5. The number of hydrogen-bond acceptors (Lipinski definition) is 2. The van der Waals surface area contributed by atoms with E-state index in [2.05, 4.69) is 24.0 Å². The van der Waals surface area contributed by atoms with Gasteiger partial charge in [0.1, 0.15) is 5.78 Å². The quantitative estimate of drug-likeness (QED) is 0.550. The molecule has 0 radical (unpaired) electrons. The molecule has 0 fully saturated rings. The Hall–Kier alpha value is -1.41. The van der Waals surface area contributed by atoms with Gasteiger partial charge in [-0.2, -0.15) is 0 Å². The molecular formula is C15H21NO. The van der Waals surface area contributed by atoms with Gasteiger partial charge >= 0.3 is 0 Å². The van der Waals surface area contributed by atoms with Gasteiger partial charge < -0.3 is 5.32 Å². The van der Waals surface area contributed by atoms with E-state index >= 15 is 0 Å². The first-order chi connectivity index (χ1) is 8.18. The van der Waals surface area contributed by atoms with Crippen LogP contribution >= 0.6 is 0 Å². The normalized spacial score (nSPS) is 10.2. The largest absolute Gasteiger partial charge is 0.312 e. The van der Waals surface area contributed by atoms with Crippen LogP contribution in [0.1, 0.15) is 31.7 Å². The van der Waals surface area contributed by atoms with Crippen LogP contribution in [0.25, 0.3) is 0 Å². The number of hydrogen-bond donors (Lipinski definition) is 1. The number of carbonyl (C=O) groups is 1. The summed E-state index contributed by atoms with van der Waals surface area (Å²) in [6.07, 6.45) is 2.06. The second-order valence-electron chi connectivity index (χ2n) is 4.41. The highest BCUT2D eigenvalue weighted by molar-refractivity contribution is 5.78. The van der Waals surface area contributed by atoms with Crippen LogP contribution in [0.2, 0.25) is 0 Å². The Morgan fingerprint density at radius 3 is 2.53 bits per heavy atom. The summed E-state index contributed by atoms with van der Waals surface area (Å²) in [6.45, 7) is 7.34. The zero-order valence-electron chi connectivity index (χ0n) is 10.5. The van der Waals surface area contributed by atoms with Crippen LogP contribution in [-0.4, -0.2) is 12.3 Å². The van der Waals surface area contributed by atoms with Crippen LogP contribution in [0, 0.1) is 0 Å². The fourth-order valence-electron chi connectivity index (χ4n) is 1.53. The summed E-state index contributed by atoms with van der Waals surface area (Å²) in [4.78, 5) is 11.5. The third-order valence-corrected chi connectivity index (χ3v) is 2.58. The maximum absolute atomic E-state index is 11.5. The highest BCUT2D eigenvalue weighted by Crippen LogP contribution is 2.03. The van der Waals surface area contributed by atoms with E-state index in [1.54, 1.807) is 0 Å². The van der Waals surface area contributed by atoms with Crippen LogP contribution in [0.3, 0.4) is 0 Å². The number of nitrogens with one attached hydrogen (secondary N) is 1. The molecule has 0 saturated carbocycles. The first kappa shape index (κ1) is 13.7. The Labute approximate surface area is 104 Å². The Morgan fingerprint density at radius 1 is 1.18 bits per heavy atom. The van der Waals surface area contributed by atoms with Crippen LogP contribution < -0.4 is 5.32 Å². The average Bonchev–Trinajstić information content (AvgIpc) is 2.33. The molecule has 1 N–H and O–H groups in total. The lowest BCUT2D eigenvalue weighted by molar-refractivity contribution is -0.118. The molecule has 0 aromatic heterocycles. The van der Waals surface area contributed by atoms with Crippen molar-refractivity contribution in [1.82, 2.24) is 5.32 Å². The van der Waals surface area contributed by atoms with Crippen molar-refractivity contribution in [3.63, 3.8) is 0 Å². The minimum atomic E-state index is 0.313. The minimum absolute atomic E-state index is 0.313. The fraction of sp³-hybridized carbons (Fsp3) is 0.400. The smallest absolute Gasteiger partial charge is 0.134 e. The highest BCUT2D eigenvalue weighted by Gasteiger charge is 2.01. The van der Waals surface area contributed by atoms with E-state index in [0.717, 1.165) is 25.1 Å². The molecule has 17 heavy (non-hydrogen) atoms. The van der Waals surface area contributed by atoms with Gasteiger partial charge in [0, 0.05) is 25.9 Å². The van der Waals surface area contributed by atoms with Crippen molar-refractivity contribution in [3.05, 3.63) is 48.0 Å². The molecule has 2 heteroatoms. The summed E-state index contributed by atoms with van der Waals surface area (Å²) < 4.78 is 0. The number of ketones is 1. The first-order valence-electron chi connectivity index (χ1n) is 6.09. The number of benzene rings is 1. The van der Waals surface area contributed by atoms with Gasteiger partial charge in [-0.25, -0.2) is 0 Å². The van der Waals surface area contributed by atoms with Crippen LogP contribution in [0.5, 0.6) is 0 Å². The van der Waals surface area contributed by atoms with E-state index < -0.39 is 0 Å². The van der Waals surface area contributed by atoms with Gasteiger partial charge in [-0.1, -0.05) is 35.9 Å². The van der Waals surface area contributed by atoms with Gasteiger partial charge in [0.05, 0.1) is 0 Å². The monoisotopic (exact) mass is 231 g/mol. The van der Waals surface area contributed by atoms with E-state index in [-0.39, 0.29) is 0 Å². The van der Waals surface area contributed by atoms with E-state index in [0.29, 0.717) is 18.6 Å². The molecule has 92 valence electrons. The molecule has 1 rings (SSSR count). The summed E-state index contributed by atoms with van der Waals surface area (Å²) >= 11 is 0. The molecule has 0 atom stereocenters. The summed E-state index contributed by atoms with van der Waals surface area (Å²) in [5.74, 6) is 0.313. The van der Waals surface area contributed by atoms with Crippen LogP contribution in [0.15, 0.2) is 42.5 Å². The van der Waals surface area contributed by atoms with Crippen molar-refractivity contribution in [2.45, 2.75) is 32.7 Å². The second-order valence-corrected chi connectivity index (χ2v) is 4.41. The summed E-state index contributed by atoms with van der Waals surface area (Å²) in [6, 6.07) is 10.2. The molecule has 0 saturated heterocycles. The van der Waals surface area contributed by atoms with E-state index in [9.17, 15) is 4.79 Å². The third kappa shape index (κ3) is 6.69. The van der Waals surface area contributed by atoms with Gasteiger partial charge in [0.25, 0.3) is 0 Å². The van der Waals surface area contributed by atoms with Crippen molar-refractivity contribution in [3.8, 4) is 0 Å². The maximum atomic E-state index is 11.5. The molecule has 1 aromatic rings. The second kappa shape index (κ2) is 7.80. The highest BCUT2D eigenvalue weighted by atomic mass is 16.1. The van der Waals surface area contributed by atoms with E-state index in [4.69, 9.17) is 0 Å². The van der Waals surface area contributed by atoms with Crippen molar-refractivity contribution >= 4 is 5.78 Å². The maximum Gasteiger partial charge on any atom is 0.134 e. The van der Waals surface area contributed by atoms with Crippen molar-refractivity contribution in [2.75, 3.05) is 6.54 Å². The standard InChI is InChI=1S/C15H21NO/c1-13(2)8-9-15(17)10-11-16-12-14-6-4-3-5-7-14/h3-7,16H,1,8-12H2,2H3. The van der Waals surface area contributed by atoms with Gasteiger partial charge in [-0.3, -0.25) is 4.79 Å². The van der Waals surface area contributed by atoms with Gasteiger partial charge in [-0.15, -0.1) is 6.58 Å². The Balaban J connectivity index is 2.08. The molecular weight excluding hydrogens is 210 g/mol. The lowest BCUT2D eigenvalue weighted by Crippen LogP contribution is -2.17. The van der Waals surface area contributed by atoms with Crippen LogP contribution in [0.4, 0.5) is 0 Å². The lowest BCUT2D eigenvalue weighted by Gasteiger charge is -2.04. The van der Waals surface area contributed by atoms with Crippen molar-refractivity contribution in [2.24, 2.45) is 0 Å². The molecule has 0 unspecified atom stereocenters. The van der Waals surface area contributed by atoms with E-state index in [1.807, 2.05) is 25.1 Å².